The Kier molecular flexibility index (Phi) is 3.71. The van der Waals surface area contributed by atoms with E-state index >= 15 is 0 Å². The fourth-order valence-electron chi connectivity index (χ4n) is 2.94. The molecule has 1 aromatic carbocycles. The molecule has 0 bridgehead atoms. The Morgan fingerprint density at radius 1 is 1.24 bits per heavy atom. The van der Waals surface area contributed by atoms with Crippen molar-refractivity contribution in [2.24, 2.45) is 7.05 Å². The van der Waals surface area contributed by atoms with Crippen LogP contribution in [0.1, 0.15) is 29.8 Å². The summed E-state index contributed by atoms with van der Waals surface area (Å²) < 4.78 is 1.89. The Morgan fingerprint density at radius 3 is 2.86 bits per heavy atom. The first-order chi connectivity index (χ1) is 10.2. The topological polar surface area (TPSA) is 42.7 Å². The van der Waals surface area contributed by atoms with Crippen LogP contribution in [0.4, 0.5) is 0 Å². The van der Waals surface area contributed by atoms with E-state index in [0.717, 1.165) is 12.1 Å². The Hall–Kier alpha value is -2.20. The maximum absolute atomic E-state index is 4.56. The summed E-state index contributed by atoms with van der Waals surface area (Å²) in [4.78, 5) is 4.28. The molecule has 0 fully saturated rings. The van der Waals surface area contributed by atoms with Crippen molar-refractivity contribution in [1.29, 1.82) is 0 Å². The number of aromatic nitrogens is 3. The molecule has 0 saturated carbocycles. The maximum atomic E-state index is 4.56. The van der Waals surface area contributed by atoms with Crippen LogP contribution in [0.2, 0.25) is 0 Å². The molecule has 1 unspecified atom stereocenters. The van der Waals surface area contributed by atoms with E-state index < -0.39 is 0 Å². The van der Waals surface area contributed by atoms with Crippen LogP contribution in [0, 0.1) is 0 Å². The fourth-order valence-corrected chi connectivity index (χ4v) is 2.94. The van der Waals surface area contributed by atoms with E-state index in [1.165, 1.54) is 21.9 Å². The largest absolute Gasteiger partial charge is 0.309 e. The lowest BCUT2D eigenvalue weighted by Gasteiger charge is -2.18. The minimum absolute atomic E-state index is 0.126. The van der Waals surface area contributed by atoms with Gasteiger partial charge in [-0.05, 0) is 30.5 Å². The van der Waals surface area contributed by atoms with Gasteiger partial charge >= 0.3 is 0 Å². The molecule has 1 atom stereocenters. The standard InChI is InChI=1S/C17H20N4/c1-4-16-15(11-21(3)20-16)17(18-2)13-7-5-6-12-8-9-19-10-14(12)13/h5-11,17-18H,4H2,1-3H3. The molecule has 0 aliphatic carbocycles. The van der Waals surface area contributed by atoms with Crippen molar-refractivity contribution >= 4 is 10.8 Å². The molecule has 2 heterocycles. The fraction of sp³-hybridized carbons (Fsp3) is 0.294. The number of nitrogens with zero attached hydrogens (tertiary/aromatic N) is 3. The van der Waals surface area contributed by atoms with E-state index in [0.29, 0.717) is 0 Å². The highest BCUT2D eigenvalue weighted by Gasteiger charge is 2.19. The summed E-state index contributed by atoms with van der Waals surface area (Å²) in [6.45, 7) is 2.14. The van der Waals surface area contributed by atoms with Gasteiger partial charge in [0.05, 0.1) is 11.7 Å². The summed E-state index contributed by atoms with van der Waals surface area (Å²) >= 11 is 0. The van der Waals surface area contributed by atoms with Crippen LogP contribution >= 0.6 is 0 Å². The molecule has 108 valence electrons. The van der Waals surface area contributed by atoms with Crippen molar-refractivity contribution in [3.63, 3.8) is 0 Å². The highest BCUT2D eigenvalue weighted by atomic mass is 15.3. The first-order valence-corrected chi connectivity index (χ1v) is 7.27. The average Bonchev–Trinajstić information content (AvgIpc) is 2.89. The van der Waals surface area contributed by atoms with Gasteiger partial charge in [0.2, 0.25) is 0 Å². The maximum Gasteiger partial charge on any atom is 0.0673 e. The summed E-state index contributed by atoms with van der Waals surface area (Å²) in [6.07, 6.45) is 6.81. The van der Waals surface area contributed by atoms with Gasteiger partial charge in [-0.2, -0.15) is 5.10 Å². The third-order valence-corrected chi connectivity index (χ3v) is 3.90. The van der Waals surface area contributed by atoms with Gasteiger partial charge in [0, 0.05) is 36.6 Å². The van der Waals surface area contributed by atoms with Crippen LogP contribution in [0.3, 0.4) is 0 Å². The molecule has 2 aromatic heterocycles. The predicted octanol–water partition coefficient (Wildman–Crippen LogP) is 2.84. The van der Waals surface area contributed by atoms with Gasteiger partial charge < -0.3 is 5.32 Å². The Morgan fingerprint density at radius 2 is 2.10 bits per heavy atom. The molecule has 0 saturated heterocycles. The number of hydrogen-bond donors (Lipinski definition) is 1. The van der Waals surface area contributed by atoms with E-state index in [1.807, 2.05) is 31.2 Å². The molecule has 3 aromatic rings. The summed E-state index contributed by atoms with van der Waals surface area (Å²) in [7, 11) is 3.96. The SMILES string of the molecule is CCc1nn(C)cc1C(NC)c1cccc2ccncc12. The molecule has 3 rings (SSSR count). The quantitative estimate of drug-likeness (QED) is 0.799. The Balaban J connectivity index is 2.18. The minimum Gasteiger partial charge on any atom is -0.309 e. The Bertz CT molecular complexity index is 755. The first kappa shape index (κ1) is 13.8. The zero-order valence-corrected chi connectivity index (χ0v) is 12.7. The van der Waals surface area contributed by atoms with Crippen LogP contribution in [0.25, 0.3) is 10.8 Å². The Labute approximate surface area is 124 Å². The summed E-state index contributed by atoms with van der Waals surface area (Å²) in [5.74, 6) is 0. The number of aryl methyl sites for hydroxylation is 2. The minimum atomic E-state index is 0.126. The normalized spacial score (nSPS) is 12.7. The van der Waals surface area contributed by atoms with Gasteiger partial charge in [-0.25, -0.2) is 0 Å². The molecule has 4 nitrogen and oxygen atoms in total. The zero-order chi connectivity index (χ0) is 14.8. The van der Waals surface area contributed by atoms with Gasteiger partial charge in [0.15, 0.2) is 0 Å². The first-order valence-electron chi connectivity index (χ1n) is 7.27. The van der Waals surface area contributed by atoms with E-state index in [9.17, 15) is 0 Å². The van der Waals surface area contributed by atoms with Crippen LogP contribution in [0.15, 0.2) is 42.9 Å². The lowest BCUT2D eigenvalue weighted by Crippen LogP contribution is -2.18. The van der Waals surface area contributed by atoms with Gasteiger partial charge in [-0.1, -0.05) is 25.1 Å². The van der Waals surface area contributed by atoms with Crippen molar-refractivity contribution in [2.75, 3.05) is 7.05 Å². The van der Waals surface area contributed by atoms with Crippen LogP contribution in [0.5, 0.6) is 0 Å². The van der Waals surface area contributed by atoms with E-state index in [1.54, 1.807) is 0 Å². The highest BCUT2D eigenvalue weighted by molar-refractivity contribution is 5.85. The van der Waals surface area contributed by atoms with Gasteiger partial charge in [-0.3, -0.25) is 9.67 Å². The monoisotopic (exact) mass is 280 g/mol. The average molecular weight is 280 g/mol. The molecular weight excluding hydrogens is 260 g/mol. The molecule has 0 amide bonds. The third-order valence-electron chi connectivity index (χ3n) is 3.90. The second-order valence-electron chi connectivity index (χ2n) is 5.22. The molecule has 1 N–H and O–H groups in total. The van der Waals surface area contributed by atoms with Crippen molar-refractivity contribution in [1.82, 2.24) is 20.1 Å². The van der Waals surface area contributed by atoms with Crippen molar-refractivity contribution in [3.05, 3.63) is 59.7 Å². The van der Waals surface area contributed by atoms with Crippen LogP contribution < -0.4 is 5.32 Å². The van der Waals surface area contributed by atoms with E-state index in [2.05, 4.69) is 52.8 Å². The third kappa shape index (κ3) is 2.43. The molecule has 4 heteroatoms. The van der Waals surface area contributed by atoms with Gasteiger partial charge in [-0.15, -0.1) is 0 Å². The number of rotatable bonds is 4. The van der Waals surface area contributed by atoms with Crippen molar-refractivity contribution in [2.45, 2.75) is 19.4 Å². The molecule has 21 heavy (non-hydrogen) atoms. The number of hydrogen-bond acceptors (Lipinski definition) is 3. The smallest absolute Gasteiger partial charge is 0.0673 e. The summed E-state index contributed by atoms with van der Waals surface area (Å²) in [5, 5.41) is 10.4. The summed E-state index contributed by atoms with van der Waals surface area (Å²) in [6, 6.07) is 8.57. The lowest BCUT2D eigenvalue weighted by atomic mass is 9.94. The second kappa shape index (κ2) is 5.66. The van der Waals surface area contributed by atoms with Crippen molar-refractivity contribution in [3.8, 4) is 0 Å². The van der Waals surface area contributed by atoms with Gasteiger partial charge in [0.25, 0.3) is 0 Å². The lowest BCUT2D eigenvalue weighted by molar-refractivity contribution is 0.688. The van der Waals surface area contributed by atoms with E-state index in [4.69, 9.17) is 0 Å². The van der Waals surface area contributed by atoms with Crippen LogP contribution in [-0.4, -0.2) is 21.8 Å². The number of benzene rings is 1. The molecule has 0 aliphatic heterocycles. The molecule has 0 spiro atoms. The van der Waals surface area contributed by atoms with Crippen LogP contribution in [-0.2, 0) is 13.5 Å². The molecular formula is C17H20N4. The molecule has 0 aliphatic rings. The predicted molar refractivity (Wildman–Crippen MR) is 85.2 cm³/mol. The summed E-state index contributed by atoms with van der Waals surface area (Å²) in [5.41, 5.74) is 3.61. The van der Waals surface area contributed by atoms with Gasteiger partial charge in [0.1, 0.15) is 0 Å². The van der Waals surface area contributed by atoms with Crippen molar-refractivity contribution < 1.29 is 0 Å². The molecule has 0 radical (unpaired) electrons. The second-order valence-corrected chi connectivity index (χ2v) is 5.22. The zero-order valence-electron chi connectivity index (χ0n) is 12.7. The number of nitrogens with one attached hydrogen (secondary N) is 1. The highest BCUT2D eigenvalue weighted by Crippen LogP contribution is 2.29. The number of fused-ring (bicyclic) bond motifs is 1. The van der Waals surface area contributed by atoms with E-state index in [-0.39, 0.29) is 6.04 Å². The number of pyridine rings is 1.